The topological polar surface area (TPSA) is 35.6 Å². The predicted octanol–water partition coefficient (Wildman–Crippen LogP) is 2.76. The molecule has 102 valence electrons. The van der Waals surface area contributed by atoms with Crippen molar-refractivity contribution in [2.75, 3.05) is 0 Å². The Balaban J connectivity index is 1.93. The molecule has 0 spiro atoms. The van der Waals surface area contributed by atoms with Gasteiger partial charge in [-0.3, -0.25) is 4.68 Å². The molecule has 0 atom stereocenters. The van der Waals surface area contributed by atoms with Gasteiger partial charge in [0.2, 0.25) is 0 Å². The second kappa shape index (κ2) is 5.00. The summed E-state index contributed by atoms with van der Waals surface area (Å²) in [4.78, 5) is 4.53. The van der Waals surface area contributed by atoms with Gasteiger partial charge >= 0.3 is 0 Å². The van der Waals surface area contributed by atoms with Crippen molar-refractivity contribution in [3.05, 3.63) is 34.1 Å². The zero-order chi connectivity index (χ0) is 13.4. The molecule has 0 unspecified atom stereocenters. The third kappa shape index (κ3) is 2.18. The smallest absolute Gasteiger partial charge is 0.0955 e. The van der Waals surface area contributed by atoms with Gasteiger partial charge in [-0.15, -0.1) is 0 Å². The largest absolute Gasteiger partial charge is 0.328 e. The molecule has 2 heterocycles. The standard InChI is InChI=1S/C14H19ClN4/c1-3-10-14(15)13(18(2)17-10)8-19-9-16-11-6-4-5-7-12(11)19/h9H,3-8H2,1-2H3. The van der Waals surface area contributed by atoms with Gasteiger partial charge in [-0.1, -0.05) is 18.5 Å². The fraction of sp³-hybridized carbons (Fsp3) is 0.571. The molecule has 0 N–H and O–H groups in total. The van der Waals surface area contributed by atoms with Crippen molar-refractivity contribution in [2.45, 2.75) is 45.6 Å². The van der Waals surface area contributed by atoms with Crippen molar-refractivity contribution in [1.82, 2.24) is 19.3 Å². The summed E-state index contributed by atoms with van der Waals surface area (Å²) >= 11 is 6.41. The number of halogens is 1. The summed E-state index contributed by atoms with van der Waals surface area (Å²) in [6, 6.07) is 0. The minimum absolute atomic E-state index is 0.769. The molecule has 1 aliphatic carbocycles. The Bertz CT molecular complexity index is 597. The van der Waals surface area contributed by atoms with Crippen LogP contribution in [0.5, 0.6) is 0 Å². The van der Waals surface area contributed by atoms with E-state index in [-0.39, 0.29) is 0 Å². The molecule has 3 rings (SSSR count). The Morgan fingerprint density at radius 3 is 2.84 bits per heavy atom. The zero-order valence-electron chi connectivity index (χ0n) is 11.5. The predicted molar refractivity (Wildman–Crippen MR) is 75.6 cm³/mol. The number of imidazole rings is 1. The summed E-state index contributed by atoms with van der Waals surface area (Å²) < 4.78 is 4.13. The first-order chi connectivity index (χ1) is 9.20. The van der Waals surface area contributed by atoms with Gasteiger partial charge in [-0.05, 0) is 32.1 Å². The normalized spacial score (nSPS) is 14.7. The molecule has 2 aromatic rings. The maximum absolute atomic E-state index is 6.41. The van der Waals surface area contributed by atoms with Gasteiger partial charge in [0.25, 0.3) is 0 Å². The number of hydrogen-bond donors (Lipinski definition) is 0. The molecule has 4 nitrogen and oxygen atoms in total. The monoisotopic (exact) mass is 278 g/mol. The van der Waals surface area contributed by atoms with Crippen LogP contribution < -0.4 is 0 Å². The van der Waals surface area contributed by atoms with Gasteiger partial charge in [0.1, 0.15) is 0 Å². The Morgan fingerprint density at radius 1 is 1.32 bits per heavy atom. The average Bonchev–Trinajstić information content (AvgIpc) is 2.95. The number of hydrogen-bond acceptors (Lipinski definition) is 2. The number of aryl methyl sites for hydroxylation is 3. The Morgan fingerprint density at radius 2 is 2.11 bits per heavy atom. The van der Waals surface area contributed by atoms with E-state index in [0.29, 0.717) is 0 Å². The molecular formula is C14H19ClN4. The lowest BCUT2D eigenvalue weighted by Crippen LogP contribution is -2.11. The summed E-state index contributed by atoms with van der Waals surface area (Å²) in [5.41, 5.74) is 4.69. The van der Waals surface area contributed by atoms with Gasteiger partial charge in [0, 0.05) is 12.7 Å². The Kier molecular flexibility index (Phi) is 3.35. The van der Waals surface area contributed by atoms with E-state index < -0.39 is 0 Å². The van der Waals surface area contributed by atoms with Gasteiger partial charge in [-0.25, -0.2) is 4.98 Å². The number of nitrogens with zero attached hydrogens (tertiary/aromatic N) is 4. The second-order valence-electron chi connectivity index (χ2n) is 5.16. The van der Waals surface area contributed by atoms with Gasteiger partial charge < -0.3 is 4.57 Å². The molecular weight excluding hydrogens is 260 g/mol. The molecule has 1 aliphatic rings. The van der Waals surface area contributed by atoms with Crippen molar-refractivity contribution in [2.24, 2.45) is 7.05 Å². The first-order valence-electron chi connectivity index (χ1n) is 6.93. The molecule has 0 bridgehead atoms. The molecule has 0 aliphatic heterocycles. The van der Waals surface area contributed by atoms with E-state index in [4.69, 9.17) is 11.6 Å². The summed E-state index contributed by atoms with van der Waals surface area (Å²) in [7, 11) is 1.96. The van der Waals surface area contributed by atoms with Crippen LogP contribution in [0.2, 0.25) is 5.02 Å². The lowest BCUT2D eigenvalue weighted by molar-refractivity contribution is 0.606. The van der Waals surface area contributed by atoms with Gasteiger partial charge in [-0.2, -0.15) is 5.10 Å². The van der Waals surface area contributed by atoms with E-state index in [1.165, 1.54) is 24.2 Å². The fourth-order valence-electron chi connectivity index (χ4n) is 2.82. The van der Waals surface area contributed by atoms with Gasteiger partial charge in [0.15, 0.2) is 0 Å². The maximum Gasteiger partial charge on any atom is 0.0955 e. The lowest BCUT2D eigenvalue weighted by Gasteiger charge is -2.14. The van der Waals surface area contributed by atoms with Crippen molar-refractivity contribution in [3.8, 4) is 0 Å². The van der Waals surface area contributed by atoms with Crippen LogP contribution in [0.15, 0.2) is 6.33 Å². The molecule has 0 fully saturated rings. The fourth-order valence-corrected chi connectivity index (χ4v) is 3.17. The summed E-state index contributed by atoms with van der Waals surface area (Å²) in [5, 5.41) is 5.28. The molecule has 0 amide bonds. The van der Waals surface area contributed by atoms with Crippen molar-refractivity contribution in [3.63, 3.8) is 0 Å². The quantitative estimate of drug-likeness (QED) is 0.865. The second-order valence-corrected chi connectivity index (χ2v) is 5.54. The van der Waals surface area contributed by atoms with Crippen LogP contribution in [0.3, 0.4) is 0 Å². The third-order valence-electron chi connectivity index (χ3n) is 3.93. The Labute approximate surface area is 118 Å². The highest BCUT2D eigenvalue weighted by Gasteiger charge is 2.18. The maximum atomic E-state index is 6.41. The molecule has 0 saturated carbocycles. The first-order valence-corrected chi connectivity index (χ1v) is 7.31. The SMILES string of the molecule is CCc1nn(C)c(Cn2cnc3c2CCCC3)c1Cl. The summed E-state index contributed by atoms with van der Waals surface area (Å²) in [6.07, 6.45) is 7.58. The van der Waals surface area contributed by atoms with E-state index in [2.05, 4.69) is 21.6 Å². The highest BCUT2D eigenvalue weighted by atomic mass is 35.5. The molecule has 19 heavy (non-hydrogen) atoms. The molecule has 5 heteroatoms. The lowest BCUT2D eigenvalue weighted by atomic mass is 10.0. The minimum atomic E-state index is 0.769. The summed E-state index contributed by atoms with van der Waals surface area (Å²) in [5.74, 6) is 0. The van der Waals surface area contributed by atoms with E-state index in [1.54, 1.807) is 0 Å². The Hall–Kier alpha value is -1.29. The first kappa shape index (κ1) is 12.7. The van der Waals surface area contributed by atoms with E-state index in [0.717, 1.165) is 42.2 Å². The van der Waals surface area contributed by atoms with E-state index in [1.807, 2.05) is 18.1 Å². The van der Waals surface area contributed by atoms with Crippen LogP contribution in [-0.2, 0) is 32.9 Å². The van der Waals surface area contributed by atoms with Crippen molar-refractivity contribution >= 4 is 11.6 Å². The van der Waals surface area contributed by atoms with Crippen LogP contribution in [0, 0.1) is 0 Å². The molecule has 0 aromatic carbocycles. The minimum Gasteiger partial charge on any atom is -0.328 e. The van der Waals surface area contributed by atoms with Crippen molar-refractivity contribution in [1.29, 1.82) is 0 Å². The van der Waals surface area contributed by atoms with Crippen LogP contribution >= 0.6 is 11.6 Å². The number of rotatable bonds is 3. The highest BCUT2D eigenvalue weighted by Crippen LogP contribution is 2.25. The van der Waals surface area contributed by atoms with Crippen LogP contribution in [0.25, 0.3) is 0 Å². The number of aromatic nitrogens is 4. The summed E-state index contributed by atoms with van der Waals surface area (Å²) in [6.45, 7) is 2.85. The van der Waals surface area contributed by atoms with E-state index in [9.17, 15) is 0 Å². The van der Waals surface area contributed by atoms with Crippen LogP contribution in [0.4, 0.5) is 0 Å². The van der Waals surface area contributed by atoms with Crippen LogP contribution in [0.1, 0.15) is 42.5 Å². The highest BCUT2D eigenvalue weighted by molar-refractivity contribution is 6.31. The average molecular weight is 279 g/mol. The van der Waals surface area contributed by atoms with E-state index >= 15 is 0 Å². The van der Waals surface area contributed by atoms with Crippen LogP contribution in [-0.4, -0.2) is 19.3 Å². The third-order valence-corrected chi connectivity index (χ3v) is 4.37. The van der Waals surface area contributed by atoms with Gasteiger partial charge in [0.05, 0.1) is 35.0 Å². The molecule has 0 radical (unpaired) electrons. The zero-order valence-corrected chi connectivity index (χ0v) is 12.2. The van der Waals surface area contributed by atoms with Crippen molar-refractivity contribution < 1.29 is 0 Å². The molecule has 2 aromatic heterocycles. The number of fused-ring (bicyclic) bond motifs is 1. The molecule has 0 saturated heterocycles.